The van der Waals surface area contributed by atoms with Crippen LogP contribution in [0.5, 0.6) is 0 Å². The summed E-state index contributed by atoms with van der Waals surface area (Å²) in [5.41, 5.74) is 3.67. The second kappa shape index (κ2) is 4.58. The minimum atomic E-state index is -0.104. The highest BCUT2D eigenvalue weighted by molar-refractivity contribution is 5.24. The van der Waals surface area contributed by atoms with Gasteiger partial charge in [0, 0.05) is 12.7 Å². The first-order valence-corrected chi connectivity index (χ1v) is 6.26. The van der Waals surface area contributed by atoms with Gasteiger partial charge in [-0.05, 0) is 51.0 Å². The second-order valence-corrected chi connectivity index (χ2v) is 5.07. The molecule has 1 atom stereocenters. The Bertz CT molecular complexity index is 366. The minimum absolute atomic E-state index is 0.104. The van der Waals surface area contributed by atoms with E-state index in [4.69, 9.17) is 0 Å². The molecule has 3 heteroatoms. The van der Waals surface area contributed by atoms with Crippen molar-refractivity contribution in [3.63, 3.8) is 0 Å². The van der Waals surface area contributed by atoms with Gasteiger partial charge in [-0.15, -0.1) is 0 Å². The van der Waals surface area contributed by atoms with Gasteiger partial charge in [-0.2, -0.15) is 5.10 Å². The zero-order valence-electron chi connectivity index (χ0n) is 10.5. The standard InChI is InChI=1S/C13H22N2O/c1-9-12(10(2)15(3)14-9)7-8-13(16)11-5-4-6-11/h11,13,16H,4-8H2,1-3H3. The molecular formula is C13H22N2O. The second-order valence-electron chi connectivity index (χ2n) is 5.07. The molecule has 0 radical (unpaired) electrons. The third-order valence-electron chi connectivity index (χ3n) is 4.04. The monoisotopic (exact) mass is 222 g/mol. The lowest BCUT2D eigenvalue weighted by molar-refractivity contribution is 0.0560. The number of aryl methyl sites for hydroxylation is 2. The number of aliphatic hydroxyl groups excluding tert-OH is 1. The van der Waals surface area contributed by atoms with Crippen molar-refractivity contribution < 1.29 is 5.11 Å². The van der Waals surface area contributed by atoms with Gasteiger partial charge in [0.25, 0.3) is 0 Å². The molecule has 1 fully saturated rings. The number of hydrogen-bond donors (Lipinski definition) is 1. The third-order valence-corrected chi connectivity index (χ3v) is 4.04. The fraction of sp³-hybridized carbons (Fsp3) is 0.769. The van der Waals surface area contributed by atoms with Gasteiger partial charge < -0.3 is 5.11 Å². The van der Waals surface area contributed by atoms with Gasteiger partial charge in [-0.1, -0.05) is 6.42 Å². The van der Waals surface area contributed by atoms with Crippen LogP contribution in [0.15, 0.2) is 0 Å². The average molecular weight is 222 g/mol. The molecule has 1 aromatic heterocycles. The van der Waals surface area contributed by atoms with E-state index in [1.165, 1.54) is 30.5 Å². The van der Waals surface area contributed by atoms with Gasteiger partial charge in [0.15, 0.2) is 0 Å². The molecule has 1 unspecified atom stereocenters. The predicted molar refractivity (Wildman–Crippen MR) is 64.4 cm³/mol. The summed E-state index contributed by atoms with van der Waals surface area (Å²) in [7, 11) is 1.98. The molecule has 1 aromatic rings. The van der Waals surface area contributed by atoms with Crippen LogP contribution in [-0.4, -0.2) is 21.0 Å². The molecule has 2 rings (SSSR count). The van der Waals surface area contributed by atoms with Crippen molar-refractivity contribution in [2.75, 3.05) is 0 Å². The van der Waals surface area contributed by atoms with E-state index < -0.39 is 0 Å². The Balaban J connectivity index is 1.93. The van der Waals surface area contributed by atoms with Crippen molar-refractivity contribution in [2.45, 2.75) is 52.1 Å². The van der Waals surface area contributed by atoms with Crippen molar-refractivity contribution >= 4 is 0 Å². The lowest BCUT2D eigenvalue weighted by atomic mass is 9.79. The van der Waals surface area contributed by atoms with Crippen LogP contribution in [0.3, 0.4) is 0 Å². The molecule has 16 heavy (non-hydrogen) atoms. The van der Waals surface area contributed by atoms with E-state index in [2.05, 4.69) is 18.9 Å². The van der Waals surface area contributed by atoms with Gasteiger partial charge in [-0.3, -0.25) is 4.68 Å². The van der Waals surface area contributed by atoms with Gasteiger partial charge in [0.1, 0.15) is 0 Å². The molecule has 90 valence electrons. The van der Waals surface area contributed by atoms with Gasteiger partial charge in [0.2, 0.25) is 0 Å². The highest BCUT2D eigenvalue weighted by Crippen LogP contribution is 2.31. The van der Waals surface area contributed by atoms with E-state index in [-0.39, 0.29) is 6.10 Å². The summed E-state index contributed by atoms with van der Waals surface area (Å²) in [6.45, 7) is 4.16. The number of nitrogens with zero attached hydrogens (tertiary/aromatic N) is 2. The summed E-state index contributed by atoms with van der Waals surface area (Å²) >= 11 is 0. The van der Waals surface area contributed by atoms with Crippen LogP contribution in [0.2, 0.25) is 0 Å². The summed E-state index contributed by atoms with van der Waals surface area (Å²) in [5, 5.41) is 14.4. The van der Waals surface area contributed by atoms with E-state index in [0.717, 1.165) is 18.5 Å². The Morgan fingerprint density at radius 3 is 2.56 bits per heavy atom. The van der Waals surface area contributed by atoms with Crippen LogP contribution < -0.4 is 0 Å². The summed E-state index contributed by atoms with van der Waals surface area (Å²) in [5.74, 6) is 0.567. The first kappa shape index (κ1) is 11.6. The first-order valence-electron chi connectivity index (χ1n) is 6.26. The molecule has 0 amide bonds. The number of aromatic nitrogens is 2. The zero-order chi connectivity index (χ0) is 11.7. The minimum Gasteiger partial charge on any atom is -0.393 e. The van der Waals surface area contributed by atoms with E-state index in [1.54, 1.807) is 0 Å². The Morgan fingerprint density at radius 1 is 1.44 bits per heavy atom. The third kappa shape index (κ3) is 2.14. The average Bonchev–Trinajstić information content (AvgIpc) is 2.36. The number of aliphatic hydroxyl groups is 1. The molecule has 0 bridgehead atoms. The molecule has 1 saturated carbocycles. The van der Waals surface area contributed by atoms with E-state index >= 15 is 0 Å². The molecule has 0 aliphatic heterocycles. The Labute approximate surface area is 97.5 Å². The highest BCUT2D eigenvalue weighted by atomic mass is 16.3. The number of rotatable bonds is 4. The predicted octanol–water partition coefficient (Wildman–Crippen LogP) is 2.13. The van der Waals surface area contributed by atoms with Crippen molar-refractivity contribution in [3.8, 4) is 0 Å². The van der Waals surface area contributed by atoms with Crippen molar-refractivity contribution in [3.05, 3.63) is 17.0 Å². The van der Waals surface area contributed by atoms with Gasteiger partial charge in [-0.25, -0.2) is 0 Å². The van der Waals surface area contributed by atoms with Crippen LogP contribution in [0.1, 0.15) is 42.6 Å². The van der Waals surface area contributed by atoms with Crippen LogP contribution in [0.25, 0.3) is 0 Å². The quantitative estimate of drug-likeness (QED) is 0.847. The summed E-state index contributed by atoms with van der Waals surface area (Å²) in [6, 6.07) is 0. The number of hydrogen-bond acceptors (Lipinski definition) is 2. The van der Waals surface area contributed by atoms with Crippen molar-refractivity contribution in [2.24, 2.45) is 13.0 Å². The smallest absolute Gasteiger partial charge is 0.0628 e. The van der Waals surface area contributed by atoms with Gasteiger partial charge in [0.05, 0.1) is 11.8 Å². The van der Waals surface area contributed by atoms with E-state index in [0.29, 0.717) is 5.92 Å². The largest absolute Gasteiger partial charge is 0.393 e. The topological polar surface area (TPSA) is 38.0 Å². The maximum Gasteiger partial charge on any atom is 0.0628 e. The Hall–Kier alpha value is -0.830. The lowest BCUT2D eigenvalue weighted by Gasteiger charge is -2.30. The maximum atomic E-state index is 9.99. The SMILES string of the molecule is Cc1nn(C)c(C)c1CCC(O)C1CCC1. The lowest BCUT2D eigenvalue weighted by Crippen LogP contribution is -2.27. The maximum absolute atomic E-state index is 9.99. The summed E-state index contributed by atoms with van der Waals surface area (Å²) < 4.78 is 1.93. The van der Waals surface area contributed by atoms with Crippen molar-refractivity contribution in [1.29, 1.82) is 0 Å². The van der Waals surface area contributed by atoms with Gasteiger partial charge >= 0.3 is 0 Å². The normalized spacial score (nSPS) is 18.5. The fourth-order valence-electron chi connectivity index (χ4n) is 2.53. The molecule has 1 heterocycles. The van der Waals surface area contributed by atoms with Crippen LogP contribution >= 0.6 is 0 Å². The van der Waals surface area contributed by atoms with Crippen LogP contribution in [0, 0.1) is 19.8 Å². The molecular weight excluding hydrogens is 200 g/mol. The first-order chi connectivity index (χ1) is 7.59. The molecule has 3 nitrogen and oxygen atoms in total. The Kier molecular flexibility index (Phi) is 3.33. The summed E-state index contributed by atoms with van der Waals surface area (Å²) in [4.78, 5) is 0. The molecule has 1 aliphatic rings. The van der Waals surface area contributed by atoms with Crippen LogP contribution in [-0.2, 0) is 13.5 Å². The highest BCUT2D eigenvalue weighted by Gasteiger charge is 2.25. The van der Waals surface area contributed by atoms with E-state index in [1.807, 2.05) is 11.7 Å². The van der Waals surface area contributed by atoms with Crippen molar-refractivity contribution in [1.82, 2.24) is 9.78 Å². The van der Waals surface area contributed by atoms with Crippen LogP contribution in [0.4, 0.5) is 0 Å². The molecule has 1 N–H and O–H groups in total. The molecule has 1 aliphatic carbocycles. The molecule has 0 aromatic carbocycles. The summed E-state index contributed by atoms with van der Waals surface area (Å²) in [6.07, 6.45) is 5.47. The Morgan fingerprint density at radius 2 is 2.12 bits per heavy atom. The molecule has 0 spiro atoms. The fourth-order valence-corrected chi connectivity index (χ4v) is 2.53. The van der Waals surface area contributed by atoms with E-state index in [9.17, 15) is 5.11 Å². The zero-order valence-corrected chi connectivity index (χ0v) is 10.5. The molecule has 0 saturated heterocycles.